The summed E-state index contributed by atoms with van der Waals surface area (Å²) in [7, 11) is 0. The Morgan fingerprint density at radius 1 is 0.903 bits per heavy atom. The van der Waals surface area contributed by atoms with Gasteiger partial charge in [0.25, 0.3) is 11.8 Å². The second-order valence-corrected chi connectivity index (χ2v) is 8.43. The Balaban J connectivity index is 1.19. The number of hydrogen-bond donors (Lipinski definition) is 4. The second-order valence-electron chi connectivity index (χ2n) is 8.43. The van der Waals surface area contributed by atoms with E-state index in [4.69, 9.17) is 4.74 Å². The van der Waals surface area contributed by atoms with Gasteiger partial charge in [0, 0.05) is 6.04 Å². The van der Waals surface area contributed by atoms with Crippen molar-refractivity contribution < 1.29 is 24.1 Å². The Hall–Kier alpha value is -2.90. The Bertz CT molecular complexity index is 877. The molecule has 0 bridgehead atoms. The molecular formula is C24H32N4O3+2. The van der Waals surface area contributed by atoms with Crippen LogP contribution in [0.15, 0.2) is 54.6 Å². The van der Waals surface area contributed by atoms with Gasteiger partial charge in [-0.1, -0.05) is 30.3 Å². The van der Waals surface area contributed by atoms with Crippen molar-refractivity contribution in [2.45, 2.75) is 18.9 Å². The highest BCUT2D eigenvalue weighted by atomic mass is 16.5. The van der Waals surface area contributed by atoms with Crippen LogP contribution in [-0.4, -0.2) is 63.7 Å². The van der Waals surface area contributed by atoms with Crippen molar-refractivity contribution in [3.8, 4) is 5.75 Å². The van der Waals surface area contributed by atoms with E-state index in [2.05, 4.69) is 10.6 Å². The average Bonchev–Trinajstić information content (AvgIpc) is 3.60. The SMILES string of the molecule is O=C(C[NH+]1CC[NH+](CCOc2ccccc2)CC1)Nc1ccccc1C(=O)NC1CC1. The molecule has 4 N–H and O–H groups in total. The van der Waals surface area contributed by atoms with Crippen LogP contribution in [0.3, 0.4) is 0 Å². The van der Waals surface area contributed by atoms with Crippen molar-refractivity contribution in [3.05, 3.63) is 60.2 Å². The first-order valence-corrected chi connectivity index (χ1v) is 11.2. The van der Waals surface area contributed by atoms with Gasteiger partial charge in [0.1, 0.15) is 45.1 Å². The predicted molar refractivity (Wildman–Crippen MR) is 119 cm³/mol. The van der Waals surface area contributed by atoms with Crippen molar-refractivity contribution in [2.75, 3.05) is 51.2 Å². The first-order valence-electron chi connectivity index (χ1n) is 11.2. The Labute approximate surface area is 183 Å². The van der Waals surface area contributed by atoms with E-state index in [0.29, 0.717) is 24.4 Å². The van der Waals surface area contributed by atoms with E-state index in [1.54, 1.807) is 12.1 Å². The van der Waals surface area contributed by atoms with Crippen molar-refractivity contribution in [1.29, 1.82) is 0 Å². The van der Waals surface area contributed by atoms with Crippen LogP contribution < -0.4 is 25.2 Å². The van der Waals surface area contributed by atoms with E-state index < -0.39 is 0 Å². The van der Waals surface area contributed by atoms with Crippen LogP contribution in [0.5, 0.6) is 5.75 Å². The number of amides is 2. The molecule has 1 aliphatic heterocycles. The van der Waals surface area contributed by atoms with Crippen LogP contribution in [0.1, 0.15) is 23.2 Å². The van der Waals surface area contributed by atoms with Crippen LogP contribution in [0.2, 0.25) is 0 Å². The highest BCUT2D eigenvalue weighted by molar-refractivity contribution is 6.04. The third-order valence-electron chi connectivity index (χ3n) is 5.90. The van der Waals surface area contributed by atoms with Gasteiger partial charge in [0.05, 0.1) is 11.3 Å². The number of anilines is 1. The molecule has 7 heteroatoms. The molecule has 0 aromatic heterocycles. The molecule has 1 aliphatic carbocycles. The number of carbonyl (C=O) groups is 2. The Morgan fingerprint density at radius 3 is 2.32 bits per heavy atom. The lowest BCUT2D eigenvalue weighted by atomic mass is 10.1. The minimum absolute atomic E-state index is 0.0440. The fourth-order valence-electron chi connectivity index (χ4n) is 3.92. The molecule has 2 aliphatic rings. The van der Waals surface area contributed by atoms with E-state index in [9.17, 15) is 9.59 Å². The van der Waals surface area contributed by atoms with E-state index in [0.717, 1.165) is 51.3 Å². The molecule has 0 spiro atoms. The van der Waals surface area contributed by atoms with Gasteiger partial charge in [-0.25, -0.2) is 0 Å². The van der Waals surface area contributed by atoms with Crippen LogP contribution >= 0.6 is 0 Å². The number of hydrogen-bond acceptors (Lipinski definition) is 3. The maximum Gasteiger partial charge on any atom is 0.279 e. The summed E-state index contributed by atoms with van der Waals surface area (Å²) in [6.45, 7) is 6.07. The summed E-state index contributed by atoms with van der Waals surface area (Å²) < 4.78 is 5.80. The van der Waals surface area contributed by atoms with E-state index >= 15 is 0 Å². The molecule has 0 radical (unpaired) electrons. The maximum absolute atomic E-state index is 12.6. The summed E-state index contributed by atoms with van der Waals surface area (Å²) in [4.78, 5) is 27.8. The molecule has 1 saturated heterocycles. The molecule has 0 unspecified atom stereocenters. The molecule has 1 heterocycles. The molecule has 4 rings (SSSR count). The quantitative estimate of drug-likeness (QED) is 0.434. The number of carbonyl (C=O) groups excluding carboxylic acids is 2. The van der Waals surface area contributed by atoms with Crippen molar-refractivity contribution in [3.63, 3.8) is 0 Å². The lowest BCUT2D eigenvalue weighted by Crippen LogP contribution is -3.28. The van der Waals surface area contributed by atoms with Gasteiger partial charge >= 0.3 is 0 Å². The van der Waals surface area contributed by atoms with Crippen molar-refractivity contribution in [2.24, 2.45) is 0 Å². The predicted octanol–water partition coefficient (Wildman–Crippen LogP) is -0.620. The minimum Gasteiger partial charge on any atom is -0.488 e. The van der Waals surface area contributed by atoms with Gasteiger partial charge in [-0.05, 0) is 37.1 Å². The number of quaternary nitrogens is 2. The zero-order valence-electron chi connectivity index (χ0n) is 17.9. The molecule has 0 atom stereocenters. The van der Waals surface area contributed by atoms with Gasteiger partial charge in [-0.3, -0.25) is 9.59 Å². The summed E-state index contributed by atoms with van der Waals surface area (Å²) in [5.41, 5.74) is 1.12. The maximum atomic E-state index is 12.6. The summed E-state index contributed by atoms with van der Waals surface area (Å²) in [5, 5.41) is 5.94. The van der Waals surface area contributed by atoms with E-state index in [1.807, 2.05) is 42.5 Å². The zero-order valence-corrected chi connectivity index (χ0v) is 17.9. The smallest absolute Gasteiger partial charge is 0.279 e. The monoisotopic (exact) mass is 424 g/mol. The van der Waals surface area contributed by atoms with Gasteiger partial charge < -0.3 is 25.2 Å². The molecule has 2 fully saturated rings. The number of rotatable bonds is 9. The summed E-state index contributed by atoms with van der Waals surface area (Å²) in [5.74, 6) is 0.757. The molecule has 1 saturated carbocycles. The van der Waals surface area contributed by atoms with Gasteiger partial charge in [-0.2, -0.15) is 0 Å². The number of benzene rings is 2. The van der Waals surface area contributed by atoms with Gasteiger partial charge in [0.2, 0.25) is 0 Å². The molecule has 2 aromatic carbocycles. The molecule has 31 heavy (non-hydrogen) atoms. The highest BCUT2D eigenvalue weighted by Crippen LogP contribution is 2.21. The van der Waals surface area contributed by atoms with Crippen molar-refractivity contribution in [1.82, 2.24) is 5.32 Å². The normalized spacial score (nSPS) is 20.6. The summed E-state index contributed by atoms with van der Waals surface area (Å²) >= 11 is 0. The lowest BCUT2D eigenvalue weighted by molar-refractivity contribution is -1.01. The fraction of sp³-hybridized carbons (Fsp3) is 0.417. The Kier molecular flexibility index (Phi) is 7.17. The standard InChI is InChI=1S/C24H30N4O3/c29-23(26-22-9-5-4-8-21(22)24(30)25-19-10-11-19)18-28-14-12-27(13-15-28)16-17-31-20-6-2-1-3-7-20/h1-9,19H,10-18H2,(H,25,30)(H,26,29)/p+2. The Morgan fingerprint density at radius 2 is 1.58 bits per heavy atom. The molecular weight excluding hydrogens is 392 g/mol. The minimum atomic E-state index is -0.110. The summed E-state index contributed by atoms with van der Waals surface area (Å²) in [6, 6.07) is 17.4. The van der Waals surface area contributed by atoms with Crippen LogP contribution in [-0.2, 0) is 4.79 Å². The number of para-hydroxylation sites is 2. The largest absolute Gasteiger partial charge is 0.488 e. The van der Waals surface area contributed by atoms with Crippen LogP contribution in [0.4, 0.5) is 5.69 Å². The number of nitrogens with one attached hydrogen (secondary N) is 4. The molecule has 2 aromatic rings. The second kappa shape index (κ2) is 10.4. The van der Waals surface area contributed by atoms with Crippen LogP contribution in [0, 0.1) is 0 Å². The fourth-order valence-corrected chi connectivity index (χ4v) is 3.92. The zero-order chi connectivity index (χ0) is 21.5. The number of piperazine rings is 1. The third-order valence-corrected chi connectivity index (χ3v) is 5.90. The third kappa shape index (κ3) is 6.54. The molecule has 164 valence electrons. The average molecular weight is 425 g/mol. The first-order chi connectivity index (χ1) is 15.2. The molecule has 7 nitrogen and oxygen atoms in total. The van der Waals surface area contributed by atoms with E-state index in [1.165, 1.54) is 9.80 Å². The van der Waals surface area contributed by atoms with E-state index in [-0.39, 0.29) is 17.9 Å². The first kappa shape index (κ1) is 21.3. The highest BCUT2D eigenvalue weighted by Gasteiger charge is 2.27. The molecule has 2 amide bonds. The summed E-state index contributed by atoms with van der Waals surface area (Å²) in [6.07, 6.45) is 2.08. The van der Waals surface area contributed by atoms with Crippen molar-refractivity contribution >= 4 is 17.5 Å². The van der Waals surface area contributed by atoms with Crippen LogP contribution in [0.25, 0.3) is 0 Å². The lowest BCUT2D eigenvalue weighted by Gasteiger charge is -2.29. The topological polar surface area (TPSA) is 76.3 Å². The number of ether oxygens (including phenoxy) is 1. The van der Waals surface area contributed by atoms with Gasteiger partial charge in [-0.15, -0.1) is 0 Å². The van der Waals surface area contributed by atoms with Gasteiger partial charge in [0.15, 0.2) is 6.54 Å².